The Kier molecular flexibility index (Phi) is 4.52. The topological polar surface area (TPSA) is 47.3 Å². The number of hydrogen-bond acceptors (Lipinski definition) is 3. The Labute approximate surface area is 119 Å². The molecule has 0 amide bonds. The van der Waals surface area contributed by atoms with Crippen LogP contribution in [-0.4, -0.2) is 15.0 Å². The maximum atomic E-state index is 12.0. The quantitative estimate of drug-likeness (QED) is 0.623. The highest BCUT2D eigenvalue weighted by Gasteiger charge is 2.14. The molecule has 1 heterocycles. The van der Waals surface area contributed by atoms with Crippen LogP contribution in [0.4, 0.5) is 0 Å². The van der Waals surface area contributed by atoms with Crippen molar-refractivity contribution in [2.75, 3.05) is 6.61 Å². The molecule has 1 aromatic carbocycles. The molecule has 0 atom stereocenters. The van der Waals surface area contributed by atoms with Crippen LogP contribution in [0, 0.1) is 6.92 Å². The first kappa shape index (κ1) is 14.7. The maximum absolute atomic E-state index is 12.0. The van der Waals surface area contributed by atoms with E-state index in [1.54, 1.807) is 24.3 Å². The van der Waals surface area contributed by atoms with Crippen LogP contribution in [0.15, 0.2) is 53.7 Å². The van der Waals surface area contributed by atoms with Crippen LogP contribution >= 0.6 is 0 Å². The van der Waals surface area contributed by atoms with Gasteiger partial charge in [0.15, 0.2) is 12.4 Å². The minimum atomic E-state index is -3.66. The highest BCUT2D eigenvalue weighted by molar-refractivity contribution is 7.86. The van der Waals surface area contributed by atoms with Crippen molar-refractivity contribution >= 4 is 10.1 Å². The van der Waals surface area contributed by atoms with E-state index in [1.165, 1.54) is 0 Å². The van der Waals surface area contributed by atoms with Gasteiger partial charge in [-0.3, -0.25) is 4.18 Å². The molecule has 2 rings (SSSR count). The van der Waals surface area contributed by atoms with Crippen molar-refractivity contribution in [3.8, 4) is 0 Å². The van der Waals surface area contributed by atoms with E-state index in [0.717, 1.165) is 11.1 Å². The predicted molar refractivity (Wildman–Crippen MR) is 75.6 cm³/mol. The van der Waals surface area contributed by atoms with Gasteiger partial charge in [-0.1, -0.05) is 17.7 Å². The van der Waals surface area contributed by atoms with Gasteiger partial charge in [-0.2, -0.15) is 8.42 Å². The van der Waals surface area contributed by atoms with Crippen molar-refractivity contribution in [1.29, 1.82) is 0 Å². The van der Waals surface area contributed by atoms with Gasteiger partial charge >= 0.3 is 0 Å². The number of pyridine rings is 1. The molecule has 0 radical (unpaired) electrons. The fourth-order valence-electron chi connectivity index (χ4n) is 1.84. The lowest BCUT2D eigenvalue weighted by Crippen LogP contribution is -2.27. The van der Waals surface area contributed by atoms with E-state index < -0.39 is 10.1 Å². The Morgan fingerprint density at radius 3 is 2.50 bits per heavy atom. The molecular weight excluding hydrogens is 274 g/mol. The molecule has 0 unspecified atom stereocenters. The smallest absolute Gasteiger partial charge is 0.266 e. The van der Waals surface area contributed by atoms with Crippen molar-refractivity contribution in [3.05, 3.63) is 59.9 Å². The lowest BCUT2D eigenvalue weighted by molar-refractivity contribution is -0.671. The van der Waals surface area contributed by atoms with Crippen molar-refractivity contribution in [2.24, 2.45) is 7.05 Å². The average Bonchev–Trinajstić information content (AvgIpc) is 2.39. The lowest BCUT2D eigenvalue weighted by atomic mass is 10.2. The summed E-state index contributed by atoms with van der Waals surface area (Å²) in [4.78, 5) is 0.196. The summed E-state index contributed by atoms with van der Waals surface area (Å²) in [6.45, 7) is 2.05. The van der Waals surface area contributed by atoms with Crippen molar-refractivity contribution < 1.29 is 17.2 Å². The molecule has 0 saturated heterocycles. The third-order valence-electron chi connectivity index (χ3n) is 2.94. The third-order valence-corrected chi connectivity index (χ3v) is 4.27. The number of benzene rings is 1. The SMILES string of the molecule is Cc1ccc(S(=O)(=O)OCCc2ccc[n+](C)c2)cc1. The molecular formula is C15H18NO3S+. The summed E-state index contributed by atoms with van der Waals surface area (Å²) >= 11 is 0. The molecule has 0 aliphatic carbocycles. The van der Waals surface area contributed by atoms with E-state index in [-0.39, 0.29) is 11.5 Å². The second-order valence-corrected chi connectivity index (χ2v) is 6.33. The zero-order valence-electron chi connectivity index (χ0n) is 11.6. The Morgan fingerprint density at radius 1 is 1.15 bits per heavy atom. The standard InChI is InChI=1S/C15H18NO3S/c1-13-5-7-15(8-6-13)20(17,18)19-11-9-14-4-3-10-16(2)12-14/h3-8,10,12H,9,11H2,1-2H3/q+1. The van der Waals surface area contributed by atoms with Gasteiger partial charge in [0.05, 0.1) is 11.5 Å². The van der Waals surface area contributed by atoms with Crippen molar-refractivity contribution in [2.45, 2.75) is 18.2 Å². The summed E-state index contributed by atoms with van der Waals surface area (Å²) in [5, 5.41) is 0. The number of nitrogens with zero attached hydrogens (tertiary/aromatic N) is 1. The van der Waals surface area contributed by atoms with Crippen LogP contribution in [-0.2, 0) is 27.8 Å². The summed E-state index contributed by atoms with van der Waals surface area (Å²) < 4.78 is 30.9. The maximum Gasteiger partial charge on any atom is 0.296 e. The molecule has 0 spiro atoms. The summed E-state index contributed by atoms with van der Waals surface area (Å²) in [6, 6.07) is 10.5. The summed E-state index contributed by atoms with van der Waals surface area (Å²) in [6.07, 6.45) is 4.43. The van der Waals surface area contributed by atoms with Gasteiger partial charge < -0.3 is 0 Å². The number of aromatic nitrogens is 1. The molecule has 5 heteroatoms. The monoisotopic (exact) mass is 292 g/mol. The van der Waals surface area contributed by atoms with Gasteiger partial charge in [-0.25, -0.2) is 4.57 Å². The molecule has 2 aromatic rings. The summed E-state index contributed by atoms with van der Waals surface area (Å²) in [5.41, 5.74) is 2.05. The van der Waals surface area contributed by atoms with Crippen LogP contribution in [0.2, 0.25) is 0 Å². The molecule has 0 saturated carbocycles. The summed E-state index contributed by atoms with van der Waals surface area (Å²) in [7, 11) is -1.74. The first-order chi connectivity index (χ1) is 9.47. The Hall–Kier alpha value is -1.72. The van der Waals surface area contributed by atoms with Crippen LogP contribution in [0.5, 0.6) is 0 Å². The highest BCUT2D eigenvalue weighted by Crippen LogP contribution is 2.13. The second-order valence-electron chi connectivity index (χ2n) is 4.72. The molecule has 20 heavy (non-hydrogen) atoms. The van der Waals surface area contributed by atoms with E-state index in [4.69, 9.17) is 4.18 Å². The molecule has 106 valence electrons. The second kappa shape index (κ2) is 6.15. The summed E-state index contributed by atoms with van der Waals surface area (Å²) in [5.74, 6) is 0. The Morgan fingerprint density at radius 2 is 1.85 bits per heavy atom. The molecule has 0 fully saturated rings. The first-order valence-electron chi connectivity index (χ1n) is 6.38. The fraction of sp³-hybridized carbons (Fsp3) is 0.267. The minimum Gasteiger partial charge on any atom is -0.266 e. The molecule has 0 aliphatic heterocycles. The van der Waals surface area contributed by atoms with Gasteiger partial charge in [-0.15, -0.1) is 0 Å². The average molecular weight is 292 g/mol. The largest absolute Gasteiger partial charge is 0.296 e. The van der Waals surface area contributed by atoms with Crippen molar-refractivity contribution in [1.82, 2.24) is 0 Å². The van der Waals surface area contributed by atoms with Crippen molar-refractivity contribution in [3.63, 3.8) is 0 Å². The third kappa shape index (κ3) is 3.88. The number of aryl methyl sites for hydroxylation is 2. The minimum absolute atomic E-state index is 0.139. The zero-order valence-corrected chi connectivity index (χ0v) is 12.4. The molecule has 1 aromatic heterocycles. The molecule has 0 aliphatic rings. The first-order valence-corrected chi connectivity index (χ1v) is 7.78. The Bertz CT molecular complexity index is 679. The van der Waals surface area contributed by atoms with Crippen LogP contribution < -0.4 is 4.57 Å². The lowest BCUT2D eigenvalue weighted by Gasteiger charge is -2.05. The highest BCUT2D eigenvalue weighted by atomic mass is 32.2. The van der Waals surface area contributed by atoms with Gasteiger partial charge in [0, 0.05) is 18.1 Å². The van der Waals surface area contributed by atoms with E-state index >= 15 is 0 Å². The van der Waals surface area contributed by atoms with E-state index in [0.29, 0.717) is 6.42 Å². The zero-order chi connectivity index (χ0) is 14.6. The predicted octanol–water partition coefficient (Wildman–Crippen LogP) is 1.77. The molecule has 0 bridgehead atoms. The molecule has 0 N–H and O–H groups in total. The molecule has 4 nitrogen and oxygen atoms in total. The van der Waals surface area contributed by atoms with E-state index in [1.807, 2.05) is 43.1 Å². The van der Waals surface area contributed by atoms with E-state index in [9.17, 15) is 8.42 Å². The Balaban J connectivity index is 1.98. The van der Waals surface area contributed by atoms with Gasteiger partial charge in [0.2, 0.25) is 0 Å². The van der Waals surface area contributed by atoms with Gasteiger partial charge in [-0.05, 0) is 25.1 Å². The van der Waals surface area contributed by atoms with E-state index in [2.05, 4.69) is 0 Å². The number of hydrogen-bond donors (Lipinski definition) is 0. The normalized spacial score (nSPS) is 11.5. The number of rotatable bonds is 5. The van der Waals surface area contributed by atoms with Crippen LogP contribution in [0.25, 0.3) is 0 Å². The van der Waals surface area contributed by atoms with Gasteiger partial charge in [0.25, 0.3) is 10.1 Å². The fourth-order valence-corrected chi connectivity index (χ4v) is 2.75. The van der Waals surface area contributed by atoms with Gasteiger partial charge in [0.1, 0.15) is 7.05 Å². The van der Waals surface area contributed by atoms with Crippen LogP contribution in [0.1, 0.15) is 11.1 Å². The van der Waals surface area contributed by atoms with Crippen LogP contribution in [0.3, 0.4) is 0 Å².